The van der Waals surface area contributed by atoms with E-state index in [4.69, 9.17) is 4.74 Å². The average Bonchev–Trinajstić information content (AvgIpc) is 2.01. The molecule has 2 atom stereocenters. The van der Waals surface area contributed by atoms with E-state index in [0.717, 1.165) is 0 Å². The van der Waals surface area contributed by atoms with E-state index in [1.165, 1.54) is 4.31 Å². The van der Waals surface area contributed by atoms with Crippen LogP contribution in [0, 0.1) is 0 Å². The molecule has 1 fully saturated rings. The Bertz CT molecular complexity index is 276. The highest BCUT2D eigenvalue weighted by Crippen LogP contribution is 2.17. The first-order valence-corrected chi connectivity index (χ1v) is 6.48. The summed E-state index contributed by atoms with van der Waals surface area (Å²) >= 11 is 0. The van der Waals surface area contributed by atoms with Gasteiger partial charge in [-0.25, -0.2) is 8.42 Å². The molecule has 0 saturated carbocycles. The Balaban J connectivity index is 2.78. The fraction of sp³-hybridized carbons (Fsp3) is 1.00. The zero-order valence-corrected chi connectivity index (χ0v) is 10.0. The summed E-state index contributed by atoms with van der Waals surface area (Å²) in [6.07, 6.45) is -0.0143. The largest absolute Gasteiger partial charge is 0.373 e. The van der Waals surface area contributed by atoms with Crippen molar-refractivity contribution in [1.29, 1.82) is 0 Å². The Morgan fingerprint density at radius 3 is 2.00 bits per heavy atom. The van der Waals surface area contributed by atoms with Crippen LogP contribution >= 0.6 is 0 Å². The van der Waals surface area contributed by atoms with Crippen molar-refractivity contribution < 1.29 is 13.2 Å². The molecular weight excluding hydrogens is 202 g/mol. The summed E-state index contributed by atoms with van der Waals surface area (Å²) in [5.41, 5.74) is 0. The molecule has 1 saturated heterocycles. The number of nitrogens with zero attached hydrogens (tertiary/aromatic N) is 1. The molecule has 0 spiro atoms. The van der Waals surface area contributed by atoms with E-state index in [1.807, 2.05) is 13.8 Å². The smallest absolute Gasteiger partial charge is 0.216 e. The standard InChI is InChI=1S/C9H19NO3S/c1-7(2)14(11,12)10-5-8(3)13-9(4)6-10/h7-9H,5-6H2,1-4H3/t8-,9+. The predicted octanol–water partition coefficient (Wildman–Crippen LogP) is 0.834. The zero-order chi connectivity index (χ0) is 10.9. The number of sulfonamides is 1. The maximum Gasteiger partial charge on any atom is 0.216 e. The summed E-state index contributed by atoms with van der Waals surface area (Å²) < 4.78 is 30.7. The lowest BCUT2D eigenvalue weighted by atomic mass is 10.3. The molecule has 5 heteroatoms. The summed E-state index contributed by atoms with van der Waals surface area (Å²) in [5, 5.41) is -0.347. The van der Waals surface area contributed by atoms with Gasteiger partial charge in [0.2, 0.25) is 10.0 Å². The summed E-state index contributed by atoms with van der Waals surface area (Å²) in [4.78, 5) is 0. The Kier molecular flexibility index (Phi) is 3.55. The third kappa shape index (κ3) is 2.46. The van der Waals surface area contributed by atoms with E-state index in [2.05, 4.69) is 0 Å². The van der Waals surface area contributed by atoms with Crippen LogP contribution in [0.15, 0.2) is 0 Å². The molecule has 0 N–H and O–H groups in total. The first-order chi connectivity index (χ1) is 6.34. The normalized spacial score (nSPS) is 30.9. The van der Waals surface area contributed by atoms with Crippen LogP contribution in [0.3, 0.4) is 0 Å². The van der Waals surface area contributed by atoms with E-state index in [0.29, 0.717) is 13.1 Å². The Morgan fingerprint density at radius 2 is 1.64 bits per heavy atom. The van der Waals surface area contributed by atoms with Crippen LogP contribution in [-0.2, 0) is 14.8 Å². The molecule has 1 rings (SSSR count). The molecular formula is C9H19NO3S. The molecule has 14 heavy (non-hydrogen) atoms. The second-order valence-corrected chi connectivity index (χ2v) is 6.66. The van der Waals surface area contributed by atoms with Crippen molar-refractivity contribution in [3.05, 3.63) is 0 Å². The van der Waals surface area contributed by atoms with E-state index < -0.39 is 10.0 Å². The van der Waals surface area contributed by atoms with E-state index >= 15 is 0 Å². The molecule has 0 aromatic carbocycles. The quantitative estimate of drug-likeness (QED) is 0.694. The maximum atomic E-state index is 11.8. The minimum Gasteiger partial charge on any atom is -0.373 e. The zero-order valence-electron chi connectivity index (χ0n) is 9.23. The van der Waals surface area contributed by atoms with Crippen LogP contribution in [0.1, 0.15) is 27.7 Å². The van der Waals surface area contributed by atoms with Gasteiger partial charge in [-0.1, -0.05) is 0 Å². The summed E-state index contributed by atoms with van der Waals surface area (Å²) in [7, 11) is -3.11. The Hall–Kier alpha value is -0.130. The molecule has 1 aliphatic heterocycles. The van der Waals surface area contributed by atoms with Gasteiger partial charge in [0.15, 0.2) is 0 Å². The number of hydrogen-bond donors (Lipinski definition) is 0. The van der Waals surface area contributed by atoms with Crippen LogP contribution in [0.4, 0.5) is 0 Å². The van der Waals surface area contributed by atoms with Crippen LogP contribution < -0.4 is 0 Å². The Morgan fingerprint density at radius 1 is 1.21 bits per heavy atom. The SMILES string of the molecule is CC(C)S(=O)(=O)N1C[C@@H](C)O[C@@H](C)C1. The summed E-state index contributed by atoms with van der Waals surface area (Å²) in [5.74, 6) is 0. The highest BCUT2D eigenvalue weighted by atomic mass is 32.2. The lowest BCUT2D eigenvalue weighted by Gasteiger charge is -2.35. The highest BCUT2D eigenvalue weighted by molar-refractivity contribution is 7.89. The third-order valence-electron chi connectivity index (χ3n) is 2.34. The molecule has 0 aromatic heterocycles. The minimum absolute atomic E-state index is 0.00715. The van der Waals surface area contributed by atoms with Crippen LogP contribution in [-0.4, -0.2) is 43.3 Å². The van der Waals surface area contributed by atoms with Gasteiger partial charge in [0, 0.05) is 13.1 Å². The molecule has 0 radical (unpaired) electrons. The molecule has 0 bridgehead atoms. The molecule has 0 aromatic rings. The number of hydrogen-bond acceptors (Lipinski definition) is 3. The van der Waals surface area contributed by atoms with Gasteiger partial charge in [-0.05, 0) is 27.7 Å². The van der Waals surface area contributed by atoms with Crippen molar-refractivity contribution in [3.8, 4) is 0 Å². The van der Waals surface area contributed by atoms with Crippen molar-refractivity contribution in [3.63, 3.8) is 0 Å². The summed E-state index contributed by atoms with van der Waals surface area (Å²) in [6.45, 7) is 8.17. The molecule has 84 valence electrons. The number of ether oxygens (including phenoxy) is 1. The maximum absolute atomic E-state index is 11.8. The van der Waals surface area contributed by atoms with Crippen LogP contribution in [0.2, 0.25) is 0 Å². The first kappa shape index (κ1) is 11.9. The first-order valence-electron chi connectivity index (χ1n) is 4.98. The molecule has 0 amide bonds. The van der Waals surface area contributed by atoms with Gasteiger partial charge in [-0.2, -0.15) is 4.31 Å². The lowest BCUT2D eigenvalue weighted by molar-refractivity contribution is -0.0442. The van der Waals surface area contributed by atoms with Gasteiger partial charge < -0.3 is 4.74 Å². The molecule has 0 unspecified atom stereocenters. The monoisotopic (exact) mass is 221 g/mol. The van der Waals surface area contributed by atoms with Gasteiger partial charge >= 0.3 is 0 Å². The topological polar surface area (TPSA) is 46.6 Å². The molecule has 4 nitrogen and oxygen atoms in total. The van der Waals surface area contributed by atoms with E-state index in [1.54, 1.807) is 13.8 Å². The summed E-state index contributed by atoms with van der Waals surface area (Å²) in [6, 6.07) is 0. The fourth-order valence-electron chi connectivity index (χ4n) is 1.64. The second-order valence-electron chi connectivity index (χ2n) is 4.17. The van der Waals surface area contributed by atoms with E-state index in [-0.39, 0.29) is 17.5 Å². The number of morpholine rings is 1. The van der Waals surface area contributed by atoms with Gasteiger partial charge in [0.05, 0.1) is 17.5 Å². The van der Waals surface area contributed by atoms with Crippen molar-refractivity contribution >= 4 is 10.0 Å². The van der Waals surface area contributed by atoms with Gasteiger partial charge in [0.25, 0.3) is 0 Å². The number of rotatable bonds is 2. The molecule has 0 aliphatic carbocycles. The van der Waals surface area contributed by atoms with Crippen molar-refractivity contribution in [2.45, 2.75) is 45.2 Å². The lowest BCUT2D eigenvalue weighted by Crippen LogP contribution is -2.50. The van der Waals surface area contributed by atoms with Crippen molar-refractivity contribution in [2.75, 3.05) is 13.1 Å². The van der Waals surface area contributed by atoms with Crippen LogP contribution in [0.25, 0.3) is 0 Å². The van der Waals surface area contributed by atoms with Crippen LogP contribution in [0.5, 0.6) is 0 Å². The highest BCUT2D eigenvalue weighted by Gasteiger charge is 2.32. The van der Waals surface area contributed by atoms with Gasteiger partial charge in [-0.3, -0.25) is 0 Å². The fourth-order valence-corrected chi connectivity index (χ4v) is 3.07. The minimum atomic E-state index is -3.11. The Labute approximate surface area is 86.3 Å². The van der Waals surface area contributed by atoms with E-state index in [9.17, 15) is 8.42 Å². The second kappa shape index (κ2) is 4.16. The van der Waals surface area contributed by atoms with Crippen molar-refractivity contribution in [1.82, 2.24) is 4.31 Å². The van der Waals surface area contributed by atoms with Crippen molar-refractivity contribution in [2.24, 2.45) is 0 Å². The predicted molar refractivity (Wildman–Crippen MR) is 55.6 cm³/mol. The molecule has 1 aliphatic rings. The third-order valence-corrected chi connectivity index (χ3v) is 4.55. The van der Waals surface area contributed by atoms with Gasteiger partial charge in [0.1, 0.15) is 0 Å². The molecule has 1 heterocycles. The van der Waals surface area contributed by atoms with Gasteiger partial charge in [-0.15, -0.1) is 0 Å². The average molecular weight is 221 g/mol.